The van der Waals surface area contributed by atoms with Gasteiger partial charge in [0.05, 0.1) is 24.1 Å². The number of ether oxygens (including phenoxy) is 2. The Labute approximate surface area is 291 Å². The maximum atomic E-state index is 17.0. The number of nitriles is 1. The Hall–Kier alpha value is -4.56. The van der Waals surface area contributed by atoms with Crippen LogP contribution < -0.4 is 9.64 Å². The number of amides is 1. The van der Waals surface area contributed by atoms with Crippen molar-refractivity contribution in [3.8, 4) is 23.2 Å². The second-order valence-corrected chi connectivity index (χ2v) is 14.8. The van der Waals surface area contributed by atoms with Crippen LogP contribution in [0.2, 0.25) is 0 Å². The Morgan fingerprint density at radius 1 is 1.02 bits per heavy atom. The highest BCUT2D eigenvalue weighted by atomic mass is 19.1. The normalized spacial score (nSPS) is 19.2. The Morgan fingerprint density at radius 2 is 1.80 bits per heavy atom. The van der Waals surface area contributed by atoms with E-state index in [9.17, 15) is 10.1 Å². The van der Waals surface area contributed by atoms with Crippen molar-refractivity contribution in [1.82, 2.24) is 19.8 Å². The molecule has 50 heavy (non-hydrogen) atoms. The number of benzene rings is 3. The van der Waals surface area contributed by atoms with Gasteiger partial charge in [0.15, 0.2) is 5.82 Å². The number of anilines is 1. The van der Waals surface area contributed by atoms with Gasteiger partial charge in [-0.05, 0) is 100.0 Å². The summed E-state index contributed by atoms with van der Waals surface area (Å²) < 4.78 is 44.1. The topological polar surface area (TPSA) is 94.8 Å². The summed E-state index contributed by atoms with van der Waals surface area (Å²) in [5.41, 5.74) is 0.789. The minimum Gasteiger partial charge on any atom is -0.461 e. The highest BCUT2D eigenvalue weighted by Gasteiger charge is 2.45. The summed E-state index contributed by atoms with van der Waals surface area (Å²) in [6.45, 7) is 10.8. The summed E-state index contributed by atoms with van der Waals surface area (Å²) in [5, 5.41) is 11.7. The maximum absolute atomic E-state index is 17.0. The smallest absolute Gasteiger partial charge is 0.410 e. The number of piperazine rings is 1. The van der Waals surface area contributed by atoms with Crippen molar-refractivity contribution < 1.29 is 23.0 Å². The fourth-order valence-corrected chi connectivity index (χ4v) is 8.19. The van der Waals surface area contributed by atoms with Gasteiger partial charge in [0.25, 0.3) is 0 Å². The second kappa shape index (κ2) is 13.3. The van der Waals surface area contributed by atoms with E-state index >= 15 is 8.78 Å². The lowest BCUT2D eigenvalue weighted by molar-refractivity contribution is 0.0145. The molecule has 9 nitrogen and oxygen atoms in total. The number of rotatable bonds is 7. The second-order valence-electron chi connectivity index (χ2n) is 14.8. The van der Waals surface area contributed by atoms with Gasteiger partial charge in [-0.2, -0.15) is 15.2 Å². The monoisotopic (exact) mass is 682 g/mol. The lowest BCUT2D eigenvalue weighted by Gasteiger charge is -2.41. The molecule has 4 aromatic rings. The van der Waals surface area contributed by atoms with Crippen molar-refractivity contribution >= 4 is 33.6 Å². The lowest BCUT2D eigenvalue weighted by atomic mass is 9.92. The van der Waals surface area contributed by atoms with E-state index in [1.165, 1.54) is 6.07 Å². The van der Waals surface area contributed by atoms with Crippen LogP contribution in [0.25, 0.3) is 32.8 Å². The number of hydrogen-bond acceptors (Lipinski definition) is 8. The van der Waals surface area contributed by atoms with E-state index in [0.29, 0.717) is 65.9 Å². The number of fused-ring (bicyclic) bond motifs is 3. The lowest BCUT2D eigenvalue weighted by Crippen LogP contribution is -2.56. The van der Waals surface area contributed by atoms with Crippen LogP contribution in [0.15, 0.2) is 42.5 Å². The van der Waals surface area contributed by atoms with E-state index in [0.717, 1.165) is 44.2 Å². The number of aromatic nitrogens is 2. The average Bonchev–Trinajstić information content (AvgIpc) is 3.67. The Balaban J connectivity index is 1.32. The first-order valence-corrected chi connectivity index (χ1v) is 17.7. The van der Waals surface area contributed by atoms with Crippen molar-refractivity contribution in [3.63, 3.8) is 0 Å². The van der Waals surface area contributed by atoms with Crippen LogP contribution in [0.5, 0.6) is 6.01 Å². The first-order chi connectivity index (χ1) is 24.0. The number of nitrogens with zero attached hydrogens (tertiary/aromatic N) is 6. The van der Waals surface area contributed by atoms with Crippen molar-refractivity contribution in [1.29, 1.82) is 5.26 Å². The minimum atomic E-state index is -0.683. The van der Waals surface area contributed by atoms with E-state index in [1.54, 1.807) is 17.0 Å². The molecule has 0 radical (unpaired) electrons. The van der Waals surface area contributed by atoms with Gasteiger partial charge in [-0.15, -0.1) is 0 Å². The van der Waals surface area contributed by atoms with Crippen LogP contribution in [0, 0.1) is 23.0 Å². The summed E-state index contributed by atoms with van der Waals surface area (Å²) in [5.74, 6) is -0.386. The molecular formula is C39H44F2N6O3. The van der Waals surface area contributed by atoms with Gasteiger partial charge in [0.2, 0.25) is 0 Å². The molecule has 3 aromatic carbocycles. The summed E-state index contributed by atoms with van der Waals surface area (Å²) in [7, 11) is 0. The van der Waals surface area contributed by atoms with E-state index in [4.69, 9.17) is 19.4 Å². The Bertz CT molecular complexity index is 1980. The number of carbonyl (C=O) groups is 1. The molecule has 11 heteroatoms. The molecule has 3 fully saturated rings. The van der Waals surface area contributed by atoms with Gasteiger partial charge in [0.1, 0.15) is 29.4 Å². The van der Waals surface area contributed by atoms with Gasteiger partial charge in [0, 0.05) is 30.6 Å². The van der Waals surface area contributed by atoms with E-state index < -0.39 is 23.6 Å². The first kappa shape index (κ1) is 33.9. The fraction of sp³-hybridized carbons (Fsp3) is 0.487. The highest BCUT2D eigenvalue weighted by molar-refractivity contribution is 6.02. The van der Waals surface area contributed by atoms with Crippen LogP contribution in [-0.4, -0.2) is 82.4 Å². The third-order valence-corrected chi connectivity index (χ3v) is 10.5. The molecule has 1 aromatic heterocycles. The van der Waals surface area contributed by atoms with Crippen LogP contribution in [-0.2, 0) is 11.2 Å². The quantitative estimate of drug-likeness (QED) is 0.196. The Kier molecular flexibility index (Phi) is 9.01. The van der Waals surface area contributed by atoms with Crippen LogP contribution in [0.1, 0.15) is 65.4 Å². The molecule has 7 rings (SSSR count). The Morgan fingerprint density at radius 3 is 2.52 bits per heavy atom. The third kappa shape index (κ3) is 6.19. The molecule has 3 aliphatic rings. The van der Waals surface area contributed by atoms with Crippen LogP contribution in [0.3, 0.4) is 0 Å². The predicted molar refractivity (Wildman–Crippen MR) is 189 cm³/mol. The van der Waals surface area contributed by atoms with Crippen LogP contribution in [0.4, 0.5) is 19.4 Å². The molecule has 0 saturated carbocycles. The van der Waals surface area contributed by atoms with Crippen molar-refractivity contribution in [2.24, 2.45) is 0 Å². The predicted octanol–water partition coefficient (Wildman–Crippen LogP) is 7.64. The number of aryl methyl sites for hydroxylation is 1. The zero-order valence-electron chi connectivity index (χ0n) is 29.3. The largest absolute Gasteiger partial charge is 0.461 e. The van der Waals surface area contributed by atoms with Crippen molar-refractivity contribution in [2.75, 3.05) is 44.2 Å². The van der Waals surface area contributed by atoms with E-state index in [-0.39, 0.29) is 29.3 Å². The fourth-order valence-electron chi connectivity index (χ4n) is 8.19. The molecule has 0 aliphatic carbocycles. The molecule has 0 unspecified atom stereocenters. The van der Waals surface area contributed by atoms with Gasteiger partial charge >= 0.3 is 12.1 Å². The third-order valence-electron chi connectivity index (χ3n) is 10.5. The number of halogens is 2. The van der Waals surface area contributed by atoms with Crippen LogP contribution >= 0.6 is 0 Å². The zero-order valence-corrected chi connectivity index (χ0v) is 29.3. The van der Waals surface area contributed by atoms with Crippen molar-refractivity contribution in [3.05, 3.63) is 59.7 Å². The van der Waals surface area contributed by atoms with Crippen molar-refractivity contribution in [2.45, 2.75) is 83.4 Å². The molecule has 3 saturated heterocycles. The van der Waals surface area contributed by atoms with E-state index in [2.05, 4.69) is 11.0 Å². The first-order valence-electron chi connectivity index (χ1n) is 17.7. The molecule has 4 heterocycles. The van der Waals surface area contributed by atoms with Gasteiger partial charge in [-0.25, -0.2) is 13.6 Å². The highest BCUT2D eigenvalue weighted by Crippen LogP contribution is 2.41. The van der Waals surface area contributed by atoms with Gasteiger partial charge in [-0.3, -0.25) is 4.90 Å². The summed E-state index contributed by atoms with van der Waals surface area (Å²) >= 11 is 0. The summed E-state index contributed by atoms with van der Waals surface area (Å²) in [6, 6.07) is 14.1. The SMILES string of the molecule is CCc1c(F)ccc2cccc(-c3ccc4c(N5CCN(C(=O)OC(C)(C)C)[C@@H](CC#N)C5)nc(OCC56CCCN5CCC6)nc4c3F)c12. The molecular weight excluding hydrogens is 638 g/mol. The standard InChI is InChI=1S/C39H44F2N6O3/c1-5-27-31(40)14-11-25-9-6-10-28(32(25)27)29-12-13-30-34(33(29)41)43-36(49-24-39-16-7-19-46(39)20-8-17-39)44-35(30)45-21-22-47(26(23-45)15-18-42)37(48)50-38(2,3)4/h6,9-14,26H,5,7-8,15-17,19-24H2,1-4H3/t26-/m0/s1. The molecule has 262 valence electrons. The van der Waals surface area contributed by atoms with E-state index in [1.807, 2.05) is 56.9 Å². The summed E-state index contributed by atoms with van der Waals surface area (Å²) in [4.78, 5) is 28.8. The zero-order chi connectivity index (χ0) is 35.2. The minimum absolute atomic E-state index is 0.0701. The molecule has 1 amide bonds. The van der Waals surface area contributed by atoms with Gasteiger partial charge < -0.3 is 19.3 Å². The molecule has 0 N–H and O–H groups in total. The van der Waals surface area contributed by atoms with Gasteiger partial charge in [-0.1, -0.05) is 37.3 Å². The number of hydrogen-bond donors (Lipinski definition) is 0. The molecule has 0 bridgehead atoms. The number of carbonyl (C=O) groups excluding carboxylic acids is 1. The molecule has 0 spiro atoms. The summed E-state index contributed by atoms with van der Waals surface area (Å²) in [6.07, 6.45) is 4.36. The average molecular weight is 683 g/mol. The maximum Gasteiger partial charge on any atom is 0.410 e. The molecule has 1 atom stereocenters. The molecule has 3 aliphatic heterocycles.